The lowest BCUT2D eigenvalue weighted by Gasteiger charge is -2.08. The van der Waals surface area contributed by atoms with E-state index in [1.807, 2.05) is 24.7 Å². The molecule has 0 aliphatic heterocycles. The van der Waals surface area contributed by atoms with Gasteiger partial charge in [-0.2, -0.15) is 20.1 Å². The van der Waals surface area contributed by atoms with Gasteiger partial charge in [-0.1, -0.05) is 6.92 Å². The topological polar surface area (TPSA) is 91.7 Å². The molecule has 2 N–H and O–H groups in total. The first-order valence-corrected chi connectivity index (χ1v) is 6.29. The number of hydrogen-bond acceptors (Lipinski definition) is 6. The molecule has 2 aromatic rings. The Balaban J connectivity index is 2.29. The second kappa shape index (κ2) is 5.64. The van der Waals surface area contributed by atoms with E-state index in [4.69, 9.17) is 10.5 Å². The highest BCUT2D eigenvalue weighted by molar-refractivity contribution is 5.53. The molecule has 0 amide bonds. The third-order valence-electron chi connectivity index (χ3n) is 2.32. The van der Waals surface area contributed by atoms with Crippen molar-refractivity contribution in [2.75, 3.05) is 5.73 Å². The molecule has 0 fully saturated rings. The molecule has 0 spiro atoms. The first kappa shape index (κ1) is 13.3. The van der Waals surface area contributed by atoms with Gasteiger partial charge in [-0.05, 0) is 20.3 Å². The normalized spacial score (nSPS) is 10.9. The van der Waals surface area contributed by atoms with E-state index in [1.54, 1.807) is 6.20 Å². The van der Waals surface area contributed by atoms with Crippen LogP contribution in [0.4, 0.5) is 5.95 Å². The van der Waals surface area contributed by atoms with Crippen LogP contribution < -0.4 is 10.5 Å². The lowest BCUT2D eigenvalue weighted by molar-refractivity contribution is 0.222. The maximum absolute atomic E-state index is 5.67. The second-order valence-electron chi connectivity index (χ2n) is 4.46. The number of nitrogen functional groups attached to an aromatic ring is 1. The molecule has 0 unspecified atom stereocenters. The van der Waals surface area contributed by atoms with E-state index in [0.717, 1.165) is 18.5 Å². The number of nitrogens with two attached hydrogens (primary N) is 1. The van der Waals surface area contributed by atoms with Crippen LogP contribution in [-0.2, 0) is 6.54 Å². The first-order chi connectivity index (χ1) is 9.08. The van der Waals surface area contributed by atoms with Crippen molar-refractivity contribution >= 4 is 5.95 Å². The van der Waals surface area contributed by atoms with Crippen LogP contribution in [0.25, 0.3) is 11.4 Å². The molecule has 2 aromatic heterocycles. The van der Waals surface area contributed by atoms with E-state index in [2.05, 4.69) is 27.0 Å². The van der Waals surface area contributed by atoms with Crippen molar-refractivity contribution < 1.29 is 4.74 Å². The zero-order valence-electron chi connectivity index (χ0n) is 11.4. The van der Waals surface area contributed by atoms with Gasteiger partial charge in [0.15, 0.2) is 5.82 Å². The number of rotatable bonds is 5. The fourth-order valence-electron chi connectivity index (χ4n) is 1.60. The molecular weight excluding hydrogens is 244 g/mol. The van der Waals surface area contributed by atoms with Gasteiger partial charge in [0.25, 0.3) is 0 Å². The Morgan fingerprint density at radius 3 is 2.79 bits per heavy atom. The Bertz CT molecular complexity index is 551. The highest BCUT2D eigenvalue weighted by Gasteiger charge is 2.10. The first-order valence-electron chi connectivity index (χ1n) is 6.29. The summed E-state index contributed by atoms with van der Waals surface area (Å²) in [6.07, 6.45) is 4.60. The Morgan fingerprint density at radius 1 is 1.32 bits per heavy atom. The van der Waals surface area contributed by atoms with Crippen molar-refractivity contribution in [1.82, 2.24) is 24.7 Å². The third-order valence-corrected chi connectivity index (χ3v) is 2.32. The summed E-state index contributed by atoms with van der Waals surface area (Å²) < 4.78 is 7.29. The third kappa shape index (κ3) is 3.40. The fourth-order valence-corrected chi connectivity index (χ4v) is 1.60. The Morgan fingerprint density at radius 2 is 2.11 bits per heavy atom. The lowest BCUT2D eigenvalue weighted by atomic mass is 10.3. The van der Waals surface area contributed by atoms with Gasteiger partial charge in [0.05, 0.1) is 17.9 Å². The minimum Gasteiger partial charge on any atom is -0.461 e. The SMILES string of the molecule is CCCn1cc(-c2nc(N)nc(OC(C)C)n2)cn1. The molecule has 0 aliphatic carbocycles. The van der Waals surface area contributed by atoms with Gasteiger partial charge in [-0.15, -0.1) is 0 Å². The highest BCUT2D eigenvalue weighted by atomic mass is 16.5. The average molecular weight is 262 g/mol. The number of aryl methyl sites for hydroxylation is 1. The molecule has 7 heteroatoms. The van der Waals surface area contributed by atoms with E-state index >= 15 is 0 Å². The lowest BCUT2D eigenvalue weighted by Crippen LogP contribution is -2.11. The standard InChI is InChI=1S/C12H18N6O/c1-4-5-18-7-9(6-14-18)10-15-11(13)17-12(16-10)19-8(2)3/h6-8H,4-5H2,1-3H3,(H2,13,15,16,17). The van der Waals surface area contributed by atoms with E-state index in [0.29, 0.717) is 5.82 Å². The summed E-state index contributed by atoms with van der Waals surface area (Å²) in [4.78, 5) is 12.3. The fraction of sp³-hybridized carbons (Fsp3) is 0.500. The van der Waals surface area contributed by atoms with Crippen molar-refractivity contribution in [2.24, 2.45) is 0 Å². The molecule has 102 valence electrons. The minimum atomic E-state index is -0.0162. The van der Waals surface area contributed by atoms with Crippen LogP contribution in [0.1, 0.15) is 27.2 Å². The molecule has 0 atom stereocenters. The molecule has 0 aliphatic rings. The summed E-state index contributed by atoms with van der Waals surface area (Å²) in [7, 11) is 0. The van der Waals surface area contributed by atoms with E-state index < -0.39 is 0 Å². The number of aromatic nitrogens is 5. The Hall–Kier alpha value is -2.18. The zero-order valence-corrected chi connectivity index (χ0v) is 11.4. The van der Waals surface area contributed by atoms with Crippen LogP contribution in [0.3, 0.4) is 0 Å². The predicted molar refractivity (Wildman–Crippen MR) is 71.5 cm³/mol. The minimum absolute atomic E-state index is 0.0162. The van der Waals surface area contributed by atoms with E-state index in [1.165, 1.54) is 0 Å². The number of ether oxygens (including phenoxy) is 1. The molecule has 2 rings (SSSR count). The number of anilines is 1. The summed E-state index contributed by atoms with van der Waals surface area (Å²) in [6.45, 7) is 6.75. The van der Waals surface area contributed by atoms with Crippen LogP contribution >= 0.6 is 0 Å². The highest BCUT2D eigenvalue weighted by Crippen LogP contribution is 2.17. The Kier molecular flexibility index (Phi) is 3.94. The van der Waals surface area contributed by atoms with Gasteiger partial charge in [0, 0.05) is 12.7 Å². The van der Waals surface area contributed by atoms with Crippen LogP contribution in [0.2, 0.25) is 0 Å². The van der Waals surface area contributed by atoms with Gasteiger partial charge in [0.2, 0.25) is 5.95 Å². The van der Waals surface area contributed by atoms with Crippen molar-refractivity contribution in [3.63, 3.8) is 0 Å². The molecule has 0 radical (unpaired) electrons. The van der Waals surface area contributed by atoms with Crippen LogP contribution in [0.5, 0.6) is 6.01 Å². The van der Waals surface area contributed by atoms with Crippen LogP contribution in [-0.4, -0.2) is 30.8 Å². The van der Waals surface area contributed by atoms with Gasteiger partial charge in [0.1, 0.15) is 0 Å². The summed E-state index contributed by atoms with van der Waals surface area (Å²) in [5.74, 6) is 0.620. The van der Waals surface area contributed by atoms with E-state index in [9.17, 15) is 0 Å². The van der Waals surface area contributed by atoms with Crippen LogP contribution in [0, 0.1) is 0 Å². The molecule has 7 nitrogen and oxygen atoms in total. The largest absolute Gasteiger partial charge is 0.461 e. The molecular formula is C12H18N6O. The van der Waals surface area contributed by atoms with Crippen molar-refractivity contribution in [1.29, 1.82) is 0 Å². The van der Waals surface area contributed by atoms with Crippen molar-refractivity contribution in [3.8, 4) is 17.4 Å². The summed E-state index contributed by atoms with van der Waals surface area (Å²) >= 11 is 0. The van der Waals surface area contributed by atoms with E-state index in [-0.39, 0.29) is 18.1 Å². The Labute approximate surface area is 111 Å². The van der Waals surface area contributed by atoms with Gasteiger partial charge >= 0.3 is 6.01 Å². The van der Waals surface area contributed by atoms with Crippen LogP contribution in [0.15, 0.2) is 12.4 Å². The predicted octanol–water partition coefficient (Wildman–Crippen LogP) is 1.51. The maximum atomic E-state index is 5.67. The number of nitrogens with zero attached hydrogens (tertiary/aromatic N) is 5. The summed E-state index contributed by atoms with van der Waals surface area (Å²) in [5.41, 5.74) is 6.47. The molecule has 19 heavy (non-hydrogen) atoms. The summed E-state index contributed by atoms with van der Waals surface area (Å²) in [5, 5.41) is 4.24. The second-order valence-corrected chi connectivity index (χ2v) is 4.46. The van der Waals surface area contributed by atoms with Gasteiger partial charge in [-0.25, -0.2) is 0 Å². The molecule has 0 bridgehead atoms. The quantitative estimate of drug-likeness (QED) is 0.878. The molecule has 0 aromatic carbocycles. The van der Waals surface area contributed by atoms with Crippen molar-refractivity contribution in [2.45, 2.75) is 39.8 Å². The molecule has 2 heterocycles. The monoisotopic (exact) mass is 262 g/mol. The zero-order chi connectivity index (χ0) is 13.8. The van der Waals surface area contributed by atoms with Crippen molar-refractivity contribution in [3.05, 3.63) is 12.4 Å². The maximum Gasteiger partial charge on any atom is 0.322 e. The summed E-state index contributed by atoms with van der Waals surface area (Å²) in [6, 6.07) is 0.237. The number of hydrogen-bond donors (Lipinski definition) is 1. The smallest absolute Gasteiger partial charge is 0.322 e. The average Bonchev–Trinajstić information content (AvgIpc) is 2.76. The molecule has 0 saturated carbocycles. The van der Waals surface area contributed by atoms with Gasteiger partial charge in [-0.3, -0.25) is 4.68 Å². The van der Waals surface area contributed by atoms with Gasteiger partial charge < -0.3 is 10.5 Å². The molecule has 0 saturated heterocycles.